The molecule has 0 fully saturated rings. The molecule has 6 heteroatoms. The fourth-order valence-electron chi connectivity index (χ4n) is 2.27. The number of hydrogen-bond acceptors (Lipinski definition) is 4. The van der Waals surface area contributed by atoms with E-state index in [2.05, 4.69) is 15.3 Å². The van der Waals surface area contributed by atoms with Crippen LogP contribution in [0.15, 0.2) is 54.4 Å². The third-order valence-electron chi connectivity index (χ3n) is 3.50. The number of fused-ring (bicyclic) bond motifs is 1. The number of aromatic amines is 1. The first-order chi connectivity index (χ1) is 11.7. The lowest BCUT2D eigenvalue weighted by Crippen LogP contribution is -2.13. The van der Waals surface area contributed by atoms with Crippen LogP contribution in [0.25, 0.3) is 17.1 Å². The highest BCUT2D eigenvalue weighted by atomic mass is 16.5. The summed E-state index contributed by atoms with van der Waals surface area (Å²) in [6.07, 6.45) is 4.93. The van der Waals surface area contributed by atoms with Crippen molar-refractivity contribution >= 4 is 28.7 Å². The summed E-state index contributed by atoms with van der Waals surface area (Å²) in [7, 11) is 1.57. The Hall–Kier alpha value is -3.59. The van der Waals surface area contributed by atoms with E-state index >= 15 is 0 Å². The Morgan fingerprint density at radius 1 is 1.33 bits per heavy atom. The van der Waals surface area contributed by atoms with E-state index in [-0.39, 0.29) is 5.57 Å². The normalized spacial score (nSPS) is 11.1. The van der Waals surface area contributed by atoms with Gasteiger partial charge >= 0.3 is 0 Å². The lowest BCUT2D eigenvalue weighted by Gasteiger charge is -2.05. The van der Waals surface area contributed by atoms with Gasteiger partial charge in [0.15, 0.2) is 0 Å². The minimum absolute atomic E-state index is 0.00979. The summed E-state index contributed by atoms with van der Waals surface area (Å²) in [4.78, 5) is 19.5. The summed E-state index contributed by atoms with van der Waals surface area (Å²) in [5, 5.41) is 12.8. The van der Waals surface area contributed by atoms with Gasteiger partial charge in [-0.05, 0) is 42.5 Å². The third-order valence-corrected chi connectivity index (χ3v) is 3.50. The van der Waals surface area contributed by atoms with Crippen molar-refractivity contribution in [2.24, 2.45) is 0 Å². The molecule has 3 rings (SSSR count). The van der Waals surface area contributed by atoms with E-state index in [1.165, 1.54) is 0 Å². The molecule has 3 aromatic rings. The zero-order valence-corrected chi connectivity index (χ0v) is 12.9. The maximum atomic E-state index is 12.3. The van der Waals surface area contributed by atoms with Gasteiger partial charge in [0.1, 0.15) is 23.0 Å². The molecule has 2 N–H and O–H groups in total. The number of carbonyl (C=O) groups is 1. The monoisotopic (exact) mass is 318 g/mol. The number of H-pyrrole nitrogens is 1. The number of benzene rings is 1. The van der Waals surface area contributed by atoms with E-state index in [9.17, 15) is 10.1 Å². The van der Waals surface area contributed by atoms with Crippen LogP contribution in [0.5, 0.6) is 5.75 Å². The number of rotatable bonds is 4. The molecule has 2 heterocycles. The van der Waals surface area contributed by atoms with Gasteiger partial charge < -0.3 is 15.0 Å². The standard InChI is InChI=1S/C18H14N4O2/c1-24-15-6-4-14(5-7-15)22-18(23)12(10-19)9-13-11-21-17-16(13)3-2-8-20-17/h2-9,11H,1H3,(H,20,21)(H,22,23)/b12-9+. The van der Waals surface area contributed by atoms with Crippen molar-refractivity contribution in [3.63, 3.8) is 0 Å². The molecule has 0 aliphatic heterocycles. The highest BCUT2D eigenvalue weighted by molar-refractivity contribution is 6.10. The maximum Gasteiger partial charge on any atom is 0.266 e. The second-order valence-electron chi connectivity index (χ2n) is 5.00. The van der Waals surface area contributed by atoms with Crippen LogP contribution < -0.4 is 10.1 Å². The zero-order chi connectivity index (χ0) is 16.9. The number of ether oxygens (including phenoxy) is 1. The van der Waals surface area contributed by atoms with Gasteiger partial charge in [-0.3, -0.25) is 4.79 Å². The largest absolute Gasteiger partial charge is 0.497 e. The van der Waals surface area contributed by atoms with Crippen molar-refractivity contribution in [1.29, 1.82) is 5.26 Å². The van der Waals surface area contributed by atoms with E-state index < -0.39 is 5.91 Å². The molecule has 0 saturated carbocycles. The van der Waals surface area contributed by atoms with Crippen LogP contribution in [0.4, 0.5) is 5.69 Å². The van der Waals surface area contributed by atoms with Crippen molar-refractivity contribution in [1.82, 2.24) is 9.97 Å². The Bertz CT molecular complexity index is 949. The molecule has 0 atom stereocenters. The second kappa shape index (κ2) is 6.67. The molecule has 0 aliphatic rings. The average Bonchev–Trinajstić information content (AvgIpc) is 3.03. The summed E-state index contributed by atoms with van der Waals surface area (Å²) in [5.74, 6) is 0.219. The van der Waals surface area contributed by atoms with Gasteiger partial charge in [-0.25, -0.2) is 4.98 Å². The van der Waals surface area contributed by atoms with Crippen LogP contribution in [-0.4, -0.2) is 23.0 Å². The summed E-state index contributed by atoms with van der Waals surface area (Å²) in [6.45, 7) is 0. The predicted octanol–water partition coefficient (Wildman–Crippen LogP) is 3.12. The van der Waals surface area contributed by atoms with E-state index in [0.717, 1.165) is 10.9 Å². The van der Waals surface area contributed by atoms with E-state index in [1.807, 2.05) is 12.1 Å². The first kappa shape index (κ1) is 15.3. The highest BCUT2D eigenvalue weighted by Crippen LogP contribution is 2.20. The Morgan fingerprint density at radius 2 is 2.12 bits per heavy atom. The fourth-order valence-corrected chi connectivity index (χ4v) is 2.27. The number of aromatic nitrogens is 2. The number of pyridine rings is 1. The maximum absolute atomic E-state index is 12.3. The number of nitriles is 1. The number of hydrogen-bond donors (Lipinski definition) is 2. The van der Waals surface area contributed by atoms with Crippen LogP contribution in [0.1, 0.15) is 5.56 Å². The minimum Gasteiger partial charge on any atom is -0.497 e. The topological polar surface area (TPSA) is 90.8 Å². The minimum atomic E-state index is -0.471. The van der Waals surface area contributed by atoms with Crippen LogP contribution in [0.2, 0.25) is 0 Å². The summed E-state index contributed by atoms with van der Waals surface area (Å²) in [6, 6.07) is 12.5. The molecule has 0 unspecified atom stereocenters. The molecule has 0 saturated heterocycles. The molecule has 1 amide bonds. The van der Waals surface area contributed by atoms with Gasteiger partial charge in [-0.2, -0.15) is 5.26 Å². The summed E-state index contributed by atoms with van der Waals surface area (Å²) >= 11 is 0. The van der Waals surface area contributed by atoms with Crippen molar-refractivity contribution < 1.29 is 9.53 Å². The van der Waals surface area contributed by atoms with Gasteiger partial charge in [-0.1, -0.05) is 0 Å². The smallest absolute Gasteiger partial charge is 0.266 e. The highest BCUT2D eigenvalue weighted by Gasteiger charge is 2.11. The average molecular weight is 318 g/mol. The first-order valence-corrected chi connectivity index (χ1v) is 7.20. The number of amides is 1. The third kappa shape index (κ3) is 3.10. The lowest BCUT2D eigenvalue weighted by molar-refractivity contribution is -0.112. The van der Waals surface area contributed by atoms with E-state index in [0.29, 0.717) is 17.1 Å². The van der Waals surface area contributed by atoms with Crippen LogP contribution >= 0.6 is 0 Å². The molecule has 24 heavy (non-hydrogen) atoms. The van der Waals surface area contributed by atoms with Crippen molar-refractivity contribution in [2.45, 2.75) is 0 Å². The molecular formula is C18H14N4O2. The molecule has 118 valence electrons. The molecular weight excluding hydrogens is 304 g/mol. The molecule has 0 bridgehead atoms. The molecule has 0 spiro atoms. The van der Waals surface area contributed by atoms with Gasteiger partial charge in [0.25, 0.3) is 5.91 Å². The number of anilines is 1. The van der Waals surface area contributed by atoms with Crippen LogP contribution in [-0.2, 0) is 4.79 Å². The number of carbonyl (C=O) groups excluding carboxylic acids is 1. The Labute approximate surface area is 138 Å². The van der Waals surface area contributed by atoms with E-state index in [4.69, 9.17) is 4.74 Å². The Kier molecular flexibility index (Phi) is 4.25. The second-order valence-corrected chi connectivity index (χ2v) is 5.00. The number of nitrogens with one attached hydrogen (secondary N) is 2. The Balaban J connectivity index is 1.84. The molecule has 1 aromatic carbocycles. The number of methoxy groups -OCH3 is 1. The first-order valence-electron chi connectivity index (χ1n) is 7.20. The van der Waals surface area contributed by atoms with Crippen LogP contribution in [0.3, 0.4) is 0 Å². The lowest BCUT2D eigenvalue weighted by atomic mass is 10.1. The molecule has 0 radical (unpaired) electrons. The SMILES string of the molecule is COc1ccc(NC(=O)/C(C#N)=C/c2c[nH]c3ncccc23)cc1. The predicted molar refractivity (Wildman–Crippen MR) is 91.3 cm³/mol. The molecule has 2 aromatic heterocycles. The fraction of sp³-hybridized carbons (Fsp3) is 0.0556. The number of nitrogens with zero attached hydrogens (tertiary/aromatic N) is 2. The molecule has 0 aliphatic carbocycles. The van der Waals surface area contributed by atoms with Gasteiger partial charge in [0.2, 0.25) is 0 Å². The van der Waals surface area contributed by atoms with E-state index in [1.54, 1.807) is 55.9 Å². The van der Waals surface area contributed by atoms with Crippen LogP contribution in [0, 0.1) is 11.3 Å². The zero-order valence-electron chi connectivity index (χ0n) is 12.9. The summed E-state index contributed by atoms with van der Waals surface area (Å²) < 4.78 is 5.07. The van der Waals surface area contributed by atoms with Gasteiger partial charge in [0, 0.05) is 29.0 Å². The van der Waals surface area contributed by atoms with Crippen molar-refractivity contribution in [3.05, 3.63) is 59.9 Å². The van der Waals surface area contributed by atoms with Gasteiger partial charge in [-0.15, -0.1) is 0 Å². The van der Waals surface area contributed by atoms with Gasteiger partial charge in [0.05, 0.1) is 7.11 Å². The quantitative estimate of drug-likeness (QED) is 0.571. The molecule has 6 nitrogen and oxygen atoms in total. The Morgan fingerprint density at radius 3 is 2.83 bits per heavy atom. The van der Waals surface area contributed by atoms with Crippen molar-refractivity contribution in [2.75, 3.05) is 12.4 Å². The summed E-state index contributed by atoms with van der Waals surface area (Å²) in [5.41, 5.74) is 2.04. The van der Waals surface area contributed by atoms with Crippen molar-refractivity contribution in [3.8, 4) is 11.8 Å².